The third-order valence-corrected chi connectivity index (χ3v) is 7.89. The molecule has 0 N–H and O–H groups in total. The number of aromatic nitrogens is 2. The van der Waals surface area contributed by atoms with Gasteiger partial charge in [0.1, 0.15) is 0 Å². The zero-order valence-electron chi connectivity index (χ0n) is 19.0. The van der Waals surface area contributed by atoms with Crippen LogP contribution in [0.2, 0.25) is 0 Å². The number of rotatable bonds is 6. The fourth-order valence-electron chi connectivity index (χ4n) is 5.42. The van der Waals surface area contributed by atoms with Crippen LogP contribution in [-0.4, -0.2) is 21.1 Å². The minimum Gasteiger partial charge on any atom is -0.290 e. The standard InChI is InChI=1S/C28H28N2O2S/c1-19(2)17-30-26(24(31)18-33-20-10-4-3-5-11-20)29-25-21-12-6-7-13-23(21)28(14-8-9-15-28)16-22(25)27(30)32/h3-7,10-13H,1,8-9,14-18H2,2H3. The summed E-state index contributed by atoms with van der Waals surface area (Å²) in [7, 11) is 0. The number of carbonyl (C=O) groups is 1. The second-order valence-corrected chi connectivity index (χ2v) is 10.4. The van der Waals surface area contributed by atoms with Gasteiger partial charge in [0.25, 0.3) is 5.56 Å². The van der Waals surface area contributed by atoms with E-state index in [0.717, 1.165) is 34.4 Å². The molecule has 3 aromatic rings. The largest absolute Gasteiger partial charge is 0.290 e. The lowest BCUT2D eigenvalue weighted by Crippen LogP contribution is -2.38. The van der Waals surface area contributed by atoms with Crippen molar-refractivity contribution in [2.75, 3.05) is 5.75 Å². The van der Waals surface area contributed by atoms with E-state index in [1.54, 1.807) is 4.57 Å². The van der Waals surface area contributed by atoms with Crippen molar-refractivity contribution in [3.63, 3.8) is 0 Å². The Morgan fingerprint density at radius 2 is 1.79 bits per heavy atom. The molecular formula is C28H28N2O2S. The van der Waals surface area contributed by atoms with Crippen molar-refractivity contribution < 1.29 is 4.79 Å². The van der Waals surface area contributed by atoms with Gasteiger partial charge in [-0.3, -0.25) is 14.2 Å². The van der Waals surface area contributed by atoms with Gasteiger partial charge in [-0.1, -0.05) is 67.5 Å². The monoisotopic (exact) mass is 456 g/mol. The zero-order chi connectivity index (χ0) is 23.0. The molecule has 0 amide bonds. The minimum absolute atomic E-state index is 0.0141. The first-order valence-electron chi connectivity index (χ1n) is 11.6. The summed E-state index contributed by atoms with van der Waals surface area (Å²) in [4.78, 5) is 33.1. The van der Waals surface area contributed by atoms with Crippen molar-refractivity contribution in [2.45, 2.75) is 55.9 Å². The molecule has 1 spiro atoms. The molecular weight excluding hydrogens is 428 g/mol. The summed E-state index contributed by atoms with van der Waals surface area (Å²) in [5.74, 6) is 0.336. The predicted molar refractivity (Wildman–Crippen MR) is 134 cm³/mol. The number of ketones is 1. The smallest absolute Gasteiger partial charge is 0.257 e. The van der Waals surface area contributed by atoms with Gasteiger partial charge in [-0.05, 0) is 43.9 Å². The van der Waals surface area contributed by atoms with Crippen molar-refractivity contribution >= 4 is 17.5 Å². The first-order valence-corrected chi connectivity index (χ1v) is 12.6. The molecule has 2 aromatic carbocycles. The lowest BCUT2D eigenvalue weighted by Gasteiger charge is -2.36. The normalized spacial score (nSPS) is 15.8. The number of fused-ring (bicyclic) bond motifs is 4. The van der Waals surface area contributed by atoms with E-state index in [4.69, 9.17) is 4.98 Å². The second-order valence-electron chi connectivity index (χ2n) is 9.35. The summed E-state index contributed by atoms with van der Waals surface area (Å²) >= 11 is 1.47. The van der Waals surface area contributed by atoms with Gasteiger partial charge in [-0.25, -0.2) is 4.98 Å². The van der Waals surface area contributed by atoms with E-state index < -0.39 is 0 Å². The zero-order valence-corrected chi connectivity index (χ0v) is 19.8. The van der Waals surface area contributed by atoms with Crippen LogP contribution in [0, 0.1) is 0 Å². The third kappa shape index (κ3) is 3.99. The van der Waals surface area contributed by atoms with Gasteiger partial charge >= 0.3 is 0 Å². The summed E-state index contributed by atoms with van der Waals surface area (Å²) in [5, 5.41) is 0. The first-order chi connectivity index (χ1) is 16.0. The molecule has 2 aliphatic carbocycles. The SMILES string of the molecule is C=C(C)Cn1c(C(=O)CSc2ccccc2)nc2c(c1=O)CC1(CCCC1)c1ccccc1-2. The van der Waals surface area contributed by atoms with Gasteiger partial charge in [0.05, 0.1) is 11.4 Å². The highest BCUT2D eigenvalue weighted by molar-refractivity contribution is 8.00. The van der Waals surface area contributed by atoms with Crippen LogP contribution in [0.25, 0.3) is 11.3 Å². The summed E-state index contributed by atoms with van der Waals surface area (Å²) in [6.07, 6.45) is 5.26. The van der Waals surface area contributed by atoms with Gasteiger partial charge in [0, 0.05) is 28.0 Å². The minimum atomic E-state index is -0.136. The Labute approximate surface area is 198 Å². The van der Waals surface area contributed by atoms with Gasteiger partial charge in [-0.15, -0.1) is 11.8 Å². The molecule has 1 fully saturated rings. The molecule has 1 aromatic heterocycles. The van der Waals surface area contributed by atoms with Crippen LogP contribution in [0.15, 0.2) is 76.4 Å². The molecule has 0 saturated heterocycles. The second kappa shape index (κ2) is 8.79. The first kappa shape index (κ1) is 21.9. The number of Topliss-reactive ketones (excluding diaryl/α,β-unsaturated/α-hetero) is 1. The van der Waals surface area contributed by atoms with Crippen molar-refractivity contribution in [3.05, 3.63) is 94.1 Å². The van der Waals surface area contributed by atoms with Gasteiger partial charge in [0.2, 0.25) is 5.78 Å². The van der Waals surface area contributed by atoms with Crippen molar-refractivity contribution in [1.29, 1.82) is 0 Å². The Kier molecular flexibility index (Phi) is 5.83. The van der Waals surface area contributed by atoms with Crippen LogP contribution in [-0.2, 0) is 18.4 Å². The van der Waals surface area contributed by atoms with E-state index in [1.807, 2.05) is 43.3 Å². The number of allylic oxidation sites excluding steroid dienone is 1. The summed E-state index contributed by atoms with van der Waals surface area (Å²) in [5.41, 5.74) is 4.51. The van der Waals surface area contributed by atoms with Gasteiger partial charge in [-0.2, -0.15) is 0 Å². The molecule has 2 aliphatic rings. The Morgan fingerprint density at radius 1 is 1.09 bits per heavy atom. The Hall–Kier alpha value is -2.92. The molecule has 0 unspecified atom stereocenters. The number of carbonyl (C=O) groups excluding carboxylic acids is 1. The van der Waals surface area contributed by atoms with Crippen LogP contribution in [0.1, 0.15) is 54.4 Å². The Balaban J connectivity index is 1.62. The van der Waals surface area contributed by atoms with Crippen LogP contribution in [0.5, 0.6) is 0 Å². The Bertz CT molecular complexity index is 1290. The number of benzene rings is 2. The van der Waals surface area contributed by atoms with Crippen LogP contribution >= 0.6 is 11.8 Å². The van der Waals surface area contributed by atoms with Crippen LogP contribution in [0.3, 0.4) is 0 Å². The molecule has 5 heteroatoms. The number of hydrogen-bond acceptors (Lipinski definition) is 4. The van der Waals surface area contributed by atoms with Crippen LogP contribution < -0.4 is 5.56 Å². The topological polar surface area (TPSA) is 52.0 Å². The van der Waals surface area contributed by atoms with E-state index in [1.165, 1.54) is 30.2 Å². The van der Waals surface area contributed by atoms with Gasteiger partial charge < -0.3 is 0 Å². The highest BCUT2D eigenvalue weighted by atomic mass is 32.2. The molecule has 5 rings (SSSR count). The maximum atomic E-state index is 13.8. The van der Waals surface area contributed by atoms with Crippen molar-refractivity contribution in [2.24, 2.45) is 0 Å². The molecule has 4 nitrogen and oxygen atoms in total. The average Bonchev–Trinajstić information content (AvgIpc) is 3.29. The maximum Gasteiger partial charge on any atom is 0.257 e. The van der Waals surface area contributed by atoms with E-state index in [0.29, 0.717) is 18.7 Å². The molecule has 168 valence electrons. The van der Waals surface area contributed by atoms with E-state index in [2.05, 4.69) is 24.8 Å². The highest BCUT2D eigenvalue weighted by Gasteiger charge is 2.43. The van der Waals surface area contributed by atoms with E-state index >= 15 is 0 Å². The van der Waals surface area contributed by atoms with E-state index in [9.17, 15) is 9.59 Å². The molecule has 0 atom stereocenters. The van der Waals surface area contributed by atoms with Crippen LogP contribution in [0.4, 0.5) is 0 Å². The lowest BCUT2D eigenvalue weighted by atomic mass is 9.68. The molecule has 0 bridgehead atoms. The summed E-state index contributed by atoms with van der Waals surface area (Å²) in [6, 6.07) is 18.2. The quantitative estimate of drug-likeness (QED) is 0.266. The fourth-order valence-corrected chi connectivity index (χ4v) is 6.20. The number of thioether (sulfide) groups is 1. The van der Waals surface area contributed by atoms with Crippen molar-refractivity contribution in [3.8, 4) is 11.3 Å². The summed E-state index contributed by atoms with van der Waals surface area (Å²) < 4.78 is 1.56. The third-order valence-electron chi connectivity index (χ3n) is 6.88. The highest BCUT2D eigenvalue weighted by Crippen LogP contribution is 2.50. The Morgan fingerprint density at radius 3 is 2.52 bits per heavy atom. The molecule has 1 heterocycles. The average molecular weight is 457 g/mol. The van der Waals surface area contributed by atoms with Gasteiger partial charge in [0.15, 0.2) is 5.82 Å². The maximum absolute atomic E-state index is 13.8. The molecule has 1 saturated carbocycles. The summed E-state index contributed by atoms with van der Waals surface area (Å²) in [6.45, 7) is 6.19. The van der Waals surface area contributed by atoms with E-state index in [-0.39, 0.29) is 28.3 Å². The lowest BCUT2D eigenvalue weighted by molar-refractivity contribution is 0.100. The fraction of sp³-hybridized carbons (Fsp3) is 0.321. The number of hydrogen-bond donors (Lipinski definition) is 0. The van der Waals surface area contributed by atoms with Crippen molar-refractivity contribution in [1.82, 2.24) is 9.55 Å². The number of nitrogens with zero attached hydrogens (tertiary/aromatic N) is 2. The molecule has 0 aliphatic heterocycles. The molecule has 33 heavy (non-hydrogen) atoms. The molecule has 0 radical (unpaired) electrons. The predicted octanol–water partition coefficient (Wildman–Crippen LogP) is 5.83.